The van der Waals surface area contributed by atoms with Crippen molar-refractivity contribution in [3.05, 3.63) is 28.2 Å². The van der Waals surface area contributed by atoms with Gasteiger partial charge in [-0.3, -0.25) is 0 Å². The Morgan fingerprint density at radius 1 is 1.43 bits per heavy atom. The van der Waals surface area contributed by atoms with Crippen LogP contribution in [0.3, 0.4) is 0 Å². The zero-order chi connectivity index (χ0) is 10.1. The summed E-state index contributed by atoms with van der Waals surface area (Å²) in [6.45, 7) is 4.43. The van der Waals surface area contributed by atoms with E-state index < -0.39 is 0 Å². The molecule has 0 bridgehead atoms. The molecule has 0 spiro atoms. The van der Waals surface area contributed by atoms with Crippen LogP contribution in [0.2, 0.25) is 0 Å². The second kappa shape index (κ2) is 3.93. The molecule has 0 aliphatic carbocycles. The van der Waals surface area contributed by atoms with Crippen molar-refractivity contribution in [2.75, 3.05) is 0 Å². The van der Waals surface area contributed by atoms with E-state index in [1.165, 1.54) is 5.56 Å². The van der Waals surface area contributed by atoms with E-state index in [9.17, 15) is 0 Å². The van der Waals surface area contributed by atoms with Gasteiger partial charge in [-0.2, -0.15) is 0 Å². The van der Waals surface area contributed by atoms with Gasteiger partial charge in [-0.05, 0) is 42.5 Å². The van der Waals surface area contributed by atoms with E-state index in [1.807, 2.05) is 6.07 Å². The Bertz CT molecular complexity index is 333. The number of benzene rings is 1. The Morgan fingerprint density at radius 3 is 2.93 bits per heavy atom. The topological polar surface area (TPSA) is 9.23 Å². The summed E-state index contributed by atoms with van der Waals surface area (Å²) in [5, 5.41) is 0. The smallest absolute Gasteiger partial charge is 0.122 e. The van der Waals surface area contributed by atoms with E-state index in [2.05, 4.69) is 41.9 Å². The van der Waals surface area contributed by atoms with Crippen molar-refractivity contribution in [2.45, 2.75) is 32.8 Å². The van der Waals surface area contributed by atoms with E-state index in [1.54, 1.807) is 0 Å². The standard InChI is InChI=1S/C12H15BrO/c1-8(2)11-5-3-9-7-10(13)4-6-12(9)14-11/h4,6-8,11H,3,5H2,1-2H3/t11-/m1/s1. The molecule has 0 aromatic heterocycles. The molecular formula is C12H15BrO. The van der Waals surface area contributed by atoms with Gasteiger partial charge in [-0.25, -0.2) is 0 Å². The lowest BCUT2D eigenvalue weighted by molar-refractivity contribution is 0.127. The van der Waals surface area contributed by atoms with Crippen LogP contribution in [0, 0.1) is 5.92 Å². The average molecular weight is 255 g/mol. The monoisotopic (exact) mass is 254 g/mol. The minimum atomic E-state index is 0.392. The summed E-state index contributed by atoms with van der Waals surface area (Å²) in [6.07, 6.45) is 2.67. The molecule has 0 N–H and O–H groups in total. The van der Waals surface area contributed by atoms with Gasteiger partial charge in [-0.1, -0.05) is 29.8 Å². The molecule has 1 aromatic rings. The molecule has 1 nitrogen and oxygen atoms in total. The predicted octanol–water partition coefficient (Wildman–Crippen LogP) is 3.80. The van der Waals surface area contributed by atoms with Crippen molar-refractivity contribution in [3.8, 4) is 5.75 Å². The molecular weight excluding hydrogens is 240 g/mol. The van der Waals surface area contributed by atoms with Crippen LogP contribution in [0.15, 0.2) is 22.7 Å². The van der Waals surface area contributed by atoms with E-state index in [-0.39, 0.29) is 0 Å². The Kier molecular flexibility index (Phi) is 2.82. The third-order valence-corrected chi connectivity index (χ3v) is 3.24. The summed E-state index contributed by atoms with van der Waals surface area (Å²) in [6, 6.07) is 6.27. The zero-order valence-corrected chi connectivity index (χ0v) is 10.2. The molecule has 14 heavy (non-hydrogen) atoms. The number of halogens is 1. The first-order valence-corrected chi connectivity index (χ1v) is 5.91. The highest BCUT2D eigenvalue weighted by atomic mass is 79.9. The largest absolute Gasteiger partial charge is 0.490 e. The molecule has 1 aliphatic heterocycles. The van der Waals surface area contributed by atoms with Gasteiger partial charge in [0.25, 0.3) is 0 Å². The van der Waals surface area contributed by atoms with Gasteiger partial charge in [0.1, 0.15) is 11.9 Å². The Balaban J connectivity index is 2.23. The summed E-state index contributed by atoms with van der Waals surface area (Å²) in [7, 11) is 0. The van der Waals surface area contributed by atoms with Gasteiger partial charge in [0.15, 0.2) is 0 Å². The minimum absolute atomic E-state index is 0.392. The fraction of sp³-hybridized carbons (Fsp3) is 0.500. The molecule has 2 heteroatoms. The first-order chi connectivity index (χ1) is 6.66. The highest BCUT2D eigenvalue weighted by Crippen LogP contribution is 2.31. The second-order valence-corrected chi connectivity index (χ2v) is 5.11. The van der Waals surface area contributed by atoms with Crippen molar-refractivity contribution < 1.29 is 4.74 Å². The lowest BCUT2D eigenvalue weighted by atomic mass is 9.96. The Labute approximate surface area is 93.6 Å². The van der Waals surface area contributed by atoms with Crippen molar-refractivity contribution in [1.82, 2.24) is 0 Å². The lowest BCUT2D eigenvalue weighted by Crippen LogP contribution is -2.27. The van der Waals surface area contributed by atoms with Crippen LogP contribution in [0.1, 0.15) is 25.8 Å². The maximum atomic E-state index is 5.93. The molecule has 1 aliphatic rings. The van der Waals surface area contributed by atoms with Gasteiger partial charge < -0.3 is 4.74 Å². The number of rotatable bonds is 1. The van der Waals surface area contributed by atoms with Crippen LogP contribution in [-0.2, 0) is 6.42 Å². The molecule has 0 fully saturated rings. The normalized spacial score (nSPS) is 20.4. The predicted molar refractivity (Wildman–Crippen MR) is 61.7 cm³/mol. The van der Waals surface area contributed by atoms with Gasteiger partial charge in [0.2, 0.25) is 0 Å². The summed E-state index contributed by atoms with van der Waals surface area (Å²) in [4.78, 5) is 0. The fourth-order valence-electron chi connectivity index (χ4n) is 1.85. The summed E-state index contributed by atoms with van der Waals surface area (Å²) in [5.41, 5.74) is 1.33. The molecule has 1 aromatic carbocycles. The van der Waals surface area contributed by atoms with Crippen molar-refractivity contribution in [3.63, 3.8) is 0 Å². The van der Waals surface area contributed by atoms with Crippen molar-refractivity contribution >= 4 is 15.9 Å². The van der Waals surface area contributed by atoms with Gasteiger partial charge in [-0.15, -0.1) is 0 Å². The third-order valence-electron chi connectivity index (χ3n) is 2.74. The molecule has 0 amide bonds. The molecule has 1 atom stereocenters. The number of hydrogen-bond donors (Lipinski definition) is 0. The molecule has 0 radical (unpaired) electrons. The van der Waals surface area contributed by atoms with Crippen LogP contribution in [0.4, 0.5) is 0 Å². The van der Waals surface area contributed by atoms with Crippen molar-refractivity contribution in [2.24, 2.45) is 5.92 Å². The number of aryl methyl sites for hydroxylation is 1. The molecule has 0 saturated heterocycles. The Morgan fingerprint density at radius 2 is 2.21 bits per heavy atom. The van der Waals surface area contributed by atoms with Crippen molar-refractivity contribution in [1.29, 1.82) is 0 Å². The van der Waals surface area contributed by atoms with Gasteiger partial charge in [0.05, 0.1) is 0 Å². The highest BCUT2D eigenvalue weighted by molar-refractivity contribution is 9.10. The molecule has 0 saturated carbocycles. The third kappa shape index (κ3) is 1.95. The number of hydrogen-bond acceptors (Lipinski definition) is 1. The molecule has 76 valence electrons. The summed E-state index contributed by atoms with van der Waals surface area (Å²) >= 11 is 3.48. The van der Waals surface area contributed by atoms with E-state index in [4.69, 9.17) is 4.74 Å². The lowest BCUT2D eigenvalue weighted by Gasteiger charge is -2.28. The average Bonchev–Trinajstić information content (AvgIpc) is 2.16. The summed E-state index contributed by atoms with van der Waals surface area (Å²) < 4.78 is 7.07. The molecule has 1 heterocycles. The first-order valence-electron chi connectivity index (χ1n) is 5.12. The fourth-order valence-corrected chi connectivity index (χ4v) is 2.26. The van der Waals surface area contributed by atoms with Crippen LogP contribution >= 0.6 is 15.9 Å². The van der Waals surface area contributed by atoms with Gasteiger partial charge in [0, 0.05) is 4.47 Å². The van der Waals surface area contributed by atoms with E-state index in [0.29, 0.717) is 12.0 Å². The quantitative estimate of drug-likeness (QED) is 0.741. The summed E-state index contributed by atoms with van der Waals surface area (Å²) in [5.74, 6) is 1.67. The van der Waals surface area contributed by atoms with E-state index in [0.717, 1.165) is 23.1 Å². The van der Waals surface area contributed by atoms with Crippen LogP contribution < -0.4 is 4.74 Å². The van der Waals surface area contributed by atoms with Crippen LogP contribution in [-0.4, -0.2) is 6.10 Å². The van der Waals surface area contributed by atoms with Crippen LogP contribution in [0.25, 0.3) is 0 Å². The minimum Gasteiger partial charge on any atom is -0.490 e. The SMILES string of the molecule is CC(C)[C@H]1CCc2cc(Br)ccc2O1. The maximum absolute atomic E-state index is 5.93. The zero-order valence-electron chi connectivity index (χ0n) is 8.59. The number of fused-ring (bicyclic) bond motifs is 1. The highest BCUT2D eigenvalue weighted by Gasteiger charge is 2.22. The van der Waals surface area contributed by atoms with Gasteiger partial charge >= 0.3 is 0 Å². The molecule has 2 rings (SSSR count). The Hall–Kier alpha value is -0.500. The van der Waals surface area contributed by atoms with E-state index >= 15 is 0 Å². The number of ether oxygens (including phenoxy) is 1. The first kappa shape index (κ1) is 10.0. The molecule has 0 unspecified atom stereocenters. The maximum Gasteiger partial charge on any atom is 0.122 e. The second-order valence-electron chi connectivity index (χ2n) is 4.19. The van der Waals surface area contributed by atoms with Crippen LogP contribution in [0.5, 0.6) is 5.75 Å².